The monoisotopic (exact) mass is 451 g/mol. The van der Waals surface area contributed by atoms with Crippen molar-refractivity contribution >= 4 is 5.91 Å². The van der Waals surface area contributed by atoms with Crippen LogP contribution < -0.4 is 4.74 Å². The molecule has 0 saturated heterocycles. The van der Waals surface area contributed by atoms with Crippen molar-refractivity contribution in [1.29, 1.82) is 0 Å². The van der Waals surface area contributed by atoms with Crippen molar-refractivity contribution in [2.24, 2.45) is 5.92 Å². The number of pyridine rings is 1. The van der Waals surface area contributed by atoms with Crippen molar-refractivity contribution < 1.29 is 27.8 Å². The van der Waals surface area contributed by atoms with Gasteiger partial charge in [-0.2, -0.15) is 13.2 Å². The van der Waals surface area contributed by atoms with Gasteiger partial charge in [0.05, 0.1) is 18.2 Å². The molecule has 6 nitrogen and oxygen atoms in total. The molecule has 1 aromatic heterocycles. The number of likely N-dealkylation sites (N-methyl/N-ethyl adjacent to an activating group) is 1. The number of hydrogen-bond donors (Lipinski definition) is 1. The summed E-state index contributed by atoms with van der Waals surface area (Å²) in [6.45, 7) is 4.46. The van der Waals surface area contributed by atoms with Gasteiger partial charge in [-0.1, -0.05) is 19.1 Å². The molecule has 0 radical (unpaired) electrons. The van der Waals surface area contributed by atoms with Crippen LogP contribution in [-0.4, -0.2) is 71.7 Å². The summed E-state index contributed by atoms with van der Waals surface area (Å²) in [5, 5.41) is 9.70. The summed E-state index contributed by atoms with van der Waals surface area (Å²) >= 11 is 0. The molecule has 3 atom stereocenters. The molecule has 9 heteroatoms. The fraction of sp³-hybridized carbons (Fsp3) is 0.478. The number of nitrogens with zero attached hydrogens (tertiary/aromatic N) is 3. The molecule has 32 heavy (non-hydrogen) atoms. The molecule has 1 aliphatic rings. The van der Waals surface area contributed by atoms with Crippen molar-refractivity contribution in [3.8, 4) is 17.0 Å². The van der Waals surface area contributed by atoms with Crippen LogP contribution >= 0.6 is 0 Å². The summed E-state index contributed by atoms with van der Waals surface area (Å²) in [6.07, 6.45) is -3.33. The Morgan fingerprint density at radius 3 is 2.62 bits per heavy atom. The predicted octanol–water partition coefficient (Wildman–Crippen LogP) is 3.55. The Kier molecular flexibility index (Phi) is 7.09. The fourth-order valence-electron chi connectivity index (χ4n) is 3.71. The van der Waals surface area contributed by atoms with Gasteiger partial charge in [-0.25, -0.2) is 4.98 Å². The molecule has 1 aliphatic heterocycles. The number of fused-ring (bicyclic) bond motifs is 1. The minimum absolute atomic E-state index is 0.0338. The van der Waals surface area contributed by atoms with Gasteiger partial charge < -0.3 is 19.6 Å². The largest absolute Gasteiger partial charge is 0.472 e. The number of benzene rings is 1. The summed E-state index contributed by atoms with van der Waals surface area (Å²) in [5.41, 5.74) is 0.0572. The predicted molar refractivity (Wildman–Crippen MR) is 114 cm³/mol. The molecular weight excluding hydrogens is 423 g/mol. The molecule has 0 aliphatic carbocycles. The molecule has 1 N–H and O–H groups in total. The Morgan fingerprint density at radius 2 is 2.00 bits per heavy atom. The highest BCUT2D eigenvalue weighted by Gasteiger charge is 2.34. The number of amides is 1. The lowest BCUT2D eigenvalue weighted by molar-refractivity contribution is -0.137. The Bertz CT molecular complexity index is 965. The van der Waals surface area contributed by atoms with Gasteiger partial charge in [-0.15, -0.1) is 0 Å². The van der Waals surface area contributed by atoms with Crippen LogP contribution in [-0.2, 0) is 6.18 Å². The zero-order valence-electron chi connectivity index (χ0n) is 18.6. The van der Waals surface area contributed by atoms with Crippen molar-refractivity contribution in [1.82, 2.24) is 14.8 Å². The third kappa shape index (κ3) is 5.21. The first-order valence-corrected chi connectivity index (χ1v) is 10.4. The first-order valence-electron chi connectivity index (χ1n) is 10.4. The number of rotatable bonds is 5. The number of ether oxygens (including phenoxy) is 1. The Balaban J connectivity index is 2.08. The molecule has 174 valence electrons. The van der Waals surface area contributed by atoms with Crippen LogP contribution in [0, 0.1) is 5.92 Å². The normalized spacial score (nSPS) is 20.4. The second-order valence-corrected chi connectivity index (χ2v) is 8.54. The van der Waals surface area contributed by atoms with E-state index in [1.165, 1.54) is 24.4 Å². The van der Waals surface area contributed by atoms with E-state index >= 15 is 0 Å². The van der Waals surface area contributed by atoms with Crippen molar-refractivity contribution in [2.45, 2.75) is 32.2 Å². The van der Waals surface area contributed by atoms with E-state index in [4.69, 9.17) is 4.74 Å². The molecule has 0 bridgehead atoms. The molecule has 0 unspecified atom stereocenters. The van der Waals surface area contributed by atoms with E-state index in [-0.39, 0.29) is 36.0 Å². The third-order valence-corrected chi connectivity index (χ3v) is 5.59. The zero-order valence-corrected chi connectivity index (χ0v) is 18.6. The van der Waals surface area contributed by atoms with Crippen LogP contribution in [0.5, 0.6) is 5.88 Å². The van der Waals surface area contributed by atoms with E-state index in [9.17, 15) is 23.1 Å². The lowest BCUT2D eigenvalue weighted by Gasteiger charge is -2.37. The molecule has 1 aromatic carbocycles. The Hall–Kier alpha value is -2.65. The van der Waals surface area contributed by atoms with Crippen LogP contribution in [0.1, 0.15) is 29.8 Å². The van der Waals surface area contributed by atoms with Crippen molar-refractivity contribution in [3.05, 3.63) is 47.7 Å². The summed E-state index contributed by atoms with van der Waals surface area (Å²) in [5.74, 6) is -0.272. The standard InChI is InChI=1S/C23H28F3N3O3/c1-14-11-29(15(2)13-30)22(31)19-9-17(10-27-21(19)32-20(14)12-28(3)4)16-6-5-7-18(8-16)23(24,25)26/h5-10,14-15,20,30H,11-13H2,1-4H3/t14-,15+,20-/m0/s1. The quantitative estimate of drug-likeness (QED) is 0.753. The van der Waals surface area contributed by atoms with Gasteiger partial charge in [0, 0.05) is 30.8 Å². The fourth-order valence-corrected chi connectivity index (χ4v) is 3.71. The highest BCUT2D eigenvalue weighted by Crippen LogP contribution is 2.34. The Morgan fingerprint density at radius 1 is 1.28 bits per heavy atom. The van der Waals surface area contributed by atoms with Crippen LogP contribution in [0.3, 0.4) is 0 Å². The highest BCUT2D eigenvalue weighted by molar-refractivity contribution is 5.98. The molecule has 2 heterocycles. The van der Waals surface area contributed by atoms with E-state index in [2.05, 4.69) is 4.98 Å². The zero-order chi connectivity index (χ0) is 23.6. The van der Waals surface area contributed by atoms with Gasteiger partial charge in [0.1, 0.15) is 11.7 Å². The first kappa shape index (κ1) is 24.0. The van der Waals surface area contributed by atoms with Crippen LogP contribution in [0.2, 0.25) is 0 Å². The van der Waals surface area contributed by atoms with Gasteiger partial charge in [0.25, 0.3) is 5.91 Å². The second-order valence-electron chi connectivity index (χ2n) is 8.54. The van der Waals surface area contributed by atoms with Crippen LogP contribution in [0.25, 0.3) is 11.1 Å². The summed E-state index contributed by atoms with van der Waals surface area (Å²) < 4.78 is 45.6. The van der Waals surface area contributed by atoms with E-state index < -0.39 is 17.8 Å². The first-order chi connectivity index (χ1) is 15.0. The third-order valence-electron chi connectivity index (χ3n) is 5.59. The average molecular weight is 451 g/mol. The lowest BCUT2D eigenvalue weighted by Crippen LogP contribution is -2.49. The maximum absolute atomic E-state index is 13.4. The van der Waals surface area contributed by atoms with Crippen LogP contribution in [0.4, 0.5) is 13.2 Å². The smallest absolute Gasteiger partial charge is 0.416 e. The molecule has 3 rings (SSSR count). The average Bonchev–Trinajstić information content (AvgIpc) is 2.74. The van der Waals surface area contributed by atoms with Gasteiger partial charge >= 0.3 is 6.18 Å². The topological polar surface area (TPSA) is 65.9 Å². The molecule has 2 aromatic rings. The second kappa shape index (κ2) is 9.46. The number of aliphatic hydroxyl groups is 1. The van der Waals surface area contributed by atoms with Gasteiger partial charge in [0.2, 0.25) is 5.88 Å². The Labute approximate surface area is 185 Å². The number of aliphatic hydroxyl groups excluding tert-OH is 1. The molecular formula is C23H28F3N3O3. The SMILES string of the molecule is C[C@H](CO)N1C[C@H](C)[C@H](CN(C)C)Oc2ncc(-c3cccc(C(F)(F)F)c3)cc2C1=O. The summed E-state index contributed by atoms with van der Waals surface area (Å²) in [7, 11) is 3.83. The van der Waals surface area contributed by atoms with E-state index in [0.29, 0.717) is 24.2 Å². The molecule has 0 fully saturated rings. The van der Waals surface area contributed by atoms with E-state index in [1.807, 2.05) is 25.9 Å². The summed E-state index contributed by atoms with van der Waals surface area (Å²) in [4.78, 5) is 21.2. The number of alkyl halides is 3. The number of aromatic nitrogens is 1. The number of halogens is 3. The van der Waals surface area contributed by atoms with Crippen molar-refractivity contribution in [3.63, 3.8) is 0 Å². The van der Waals surface area contributed by atoms with E-state index in [0.717, 1.165) is 12.1 Å². The molecule has 0 spiro atoms. The summed E-state index contributed by atoms with van der Waals surface area (Å²) in [6, 6.07) is 5.97. The van der Waals surface area contributed by atoms with Crippen LogP contribution in [0.15, 0.2) is 36.5 Å². The molecule has 0 saturated carbocycles. The van der Waals surface area contributed by atoms with Crippen molar-refractivity contribution in [2.75, 3.05) is 33.8 Å². The minimum Gasteiger partial charge on any atom is -0.472 e. The highest BCUT2D eigenvalue weighted by atomic mass is 19.4. The van der Waals surface area contributed by atoms with Gasteiger partial charge in [-0.05, 0) is 44.8 Å². The number of carbonyl (C=O) groups excluding carboxylic acids is 1. The maximum atomic E-state index is 13.4. The lowest BCUT2D eigenvalue weighted by atomic mass is 9.98. The maximum Gasteiger partial charge on any atom is 0.416 e. The van der Waals surface area contributed by atoms with Gasteiger partial charge in [-0.3, -0.25) is 4.79 Å². The minimum atomic E-state index is -4.48. The molecule has 1 amide bonds. The number of hydrogen-bond acceptors (Lipinski definition) is 5. The number of carbonyl (C=O) groups is 1. The van der Waals surface area contributed by atoms with Gasteiger partial charge in [0.15, 0.2) is 0 Å². The van der Waals surface area contributed by atoms with E-state index in [1.54, 1.807) is 11.8 Å².